The Morgan fingerprint density at radius 1 is 0.912 bits per heavy atom. The molecule has 170 valence electrons. The third kappa shape index (κ3) is 3.90. The molecule has 3 aromatic carbocycles. The first-order valence-corrected chi connectivity index (χ1v) is 10.8. The minimum atomic E-state index is -1.22. The number of benzene rings is 3. The predicted octanol–water partition coefficient (Wildman–Crippen LogP) is 3.94. The van der Waals surface area contributed by atoms with Crippen molar-refractivity contribution < 1.29 is 18.7 Å². The number of aromatic nitrogens is 2. The highest BCUT2D eigenvalue weighted by Crippen LogP contribution is 2.34. The summed E-state index contributed by atoms with van der Waals surface area (Å²) in [5, 5.41) is 11.1. The van der Waals surface area contributed by atoms with Crippen LogP contribution >= 0.6 is 0 Å². The summed E-state index contributed by atoms with van der Waals surface area (Å²) >= 11 is 0. The second kappa shape index (κ2) is 8.82. The number of carbonyl (C=O) groups excluding carboxylic acids is 2. The molecule has 2 heterocycles. The molecule has 0 radical (unpaired) electrons. The molecule has 0 spiro atoms. The van der Waals surface area contributed by atoms with Gasteiger partial charge in [-0.15, -0.1) is 10.2 Å². The molecule has 1 aliphatic rings. The first kappa shape index (κ1) is 21.4. The summed E-state index contributed by atoms with van der Waals surface area (Å²) in [5.41, 5.74) is 1.13. The predicted molar refractivity (Wildman–Crippen MR) is 124 cm³/mol. The highest BCUT2D eigenvalue weighted by molar-refractivity contribution is 6.07. The topological polar surface area (TPSA) is 97.6 Å². The first-order chi connectivity index (χ1) is 16.6. The summed E-state index contributed by atoms with van der Waals surface area (Å²) in [4.78, 5) is 27.9. The third-order valence-corrected chi connectivity index (χ3v) is 5.85. The van der Waals surface area contributed by atoms with E-state index in [2.05, 4.69) is 15.5 Å². The number of hydrogen-bond donors (Lipinski definition) is 1. The van der Waals surface area contributed by atoms with Crippen molar-refractivity contribution in [1.29, 1.82) is 0 Å². The molecule has 4 aromatic rings. The van der Waals surface area contributed by atoms with Crippen LogP contribution in [0.3, 0.4) is 0 Å². The van der Waals surface area contributed by atoms with Gasteiger partial charge in [-0.05, 0) is 35.4 Å². The summed E-state index contributed by atoms with van der Waals surface area (Å²) < 4.78 is 10.9. The van der Waals surface area contributed by atoms with Crippen LogP contribution in [-0.2, 0) is 23.3 Å². The van der Waals surface area contributed by atoms with Crippen molar-refractivity contribution in [3.63, 3.8) is 0 Å². The van der Waals surface area contributed by atoms with E-state index in [1.807, 2.05) is 60.7 Å². The summed E-state index contributed by atoms with van der Waals surface area (Å²) in [6.45, 7) is -0.128. The van der Waals surface area contributed by atoms with Crippen molar-refractivity contribution in [2.75, 3.05) is 7.11 Å². The average molecular weight is 454 g/mol. The van der Waals surface area contributed by atoms with E-state index in [4.69, 9.17) is 9.15 Å². The van der Waals surface area contributed by atoms with E-state index in [9.17, 15) is 9.59 Å². The van der Waals surface area contributed by atoms with E-state index < -0.39 is 11.6 Å². The first-order valence-electron chi connectivity index (χ1n) is 10.8. The number of hydrogen-bond acceptors (Lipinski definition) is 6. The van der Waals surface area contributed by atoms with E-state index in [0.29, 0.717) is 29.2 Å². The largest absolute Gasteiger partial charge is 0.497 e. The molecule has 1 N–H and O–H groups in total. The number of urea groups is 1. The summed E-state index contributed by atoms with van der Waals surface area (Å²) in [6.07, 6.45) is 0.319. The van der Waals surface area contributed by atoms with Crippen LogP contribution in [0.2, 0.25) is 0 Å². The molecule has 1 atom stereocenters. The lowest BCUT2D eigenvalue weighted by molar-refractivity contribution is -0.132. The van der Waals surface area contributed by atoms with E-state index in [1.54, 1.807) is 31.4 Å². The van der Waals surface area contributed by atoms with Crippen LogP contribution in [0.15, 0.2) is 89.3 Å². The third-order valence-electron chi connectivity index (χ3n) is 5.85. The quantitative estimate of drug-likeness (QED) is 0.425. The number of amides is 3. The van der Waals surface area contributed by atoms with Gasteiger partial charge in [0.05, 0.1) is 7.11 Å². The number of rotatable bonds is 7. The zero-order valence-electron chi connectivity index (χ0n) is 18.5. The monoisotopic (exact) mass is 454 g/mol. The molecule has 0 saturated carbocycles. The van der Waals surface area contributed by atoms with Crippen molar-refractivity contribution in [1.82, 2.24) is 20.4 Å². The minimum Gasteiger partial charge on any atom is -0.497 e. The molecule has 0 unspecified atom stereocenters. The van der Waals surface area contributed by atoms with Gasteiger partial charge in [0.2, 0.25) is 11.8 Å². The van der Waals surface area contributed by atoms with Crippen molar-refractivity contribution in [2.24, 2.45) is 0 Å². The van der Waals surface area contributed by atoms with Gasteiger partial charge in [-0.2, -0.15) is 0 Å². The molecule has 34 heavy (non-hydrogen) atoms. The van der Waals surface area contributed by atoms with Gasteiger partial charge in [0.15, 0.2) is 5.54 Å². The molecular formula is C26H22N4O4. The van der Waals surface area contributed by atoms with Crippen LogP contribution < -0.4 is 10.1 Å². The highest BCUT2D eigenvalue weighted by atomic mass is 16.5. The SMILES string of the molecule is COc1ccc(-c2nnc(CN3C(=O)N[C@@](Cc4ccccc4)(c4ccccc4)C3=O)o2)cc1. The molecule has 8 heteroatoms. The number of nitrogens with zero attached hydrogens (tertiary/aromatic N) is 3. The minimum absolute atomic E-state index is 0.128. The Balaban J connectivity index is 1.43. The lowest BCUT2D eigenvalue weighted by atomic mass is 9.83. The van der Waals surface area contributed by atoms with Crippen LogP contribution in [-0.4, -0.2) is 34.1 Å². The molecule has 1 saturated heterocycles. The number of nitrogens with one attached hydrogen (secondary N) is 1. The van der Waals surface area contributed by atoms with E-state index in [1.165, 1.54) is 0 Å². The van der Waals surface area contributed by atoms with E-state index in [0.717, 1.165) is 10.5 Å². The lowest BCUT2D eigenvalue weighted by Crippen LogP contribution is -2.46. The lowest BCUT2D eigenvalue weighted by Gasteiger charge is -2.27. The van der Waals surface area contributed by atoms with Crippen molar-refractivity contribution in [3.05, 3.63) is 102 Å². The Labute approximate surface area is 196 Å². The second-order valence-electron chi connectivity index (χ2n) is 7.98. The normalized spacial score (nSPS) is 17.6. The summed E-state index contributed by atoms with van der Waals surface area (Å²) in [5.74, 6) is 0.802. The van der Waals surface area contributed by atoms with Gasteiger partial charge < -0.3 is 14.5 Å². The second-order valence-corrected chi connectivity index (χ2v) is 7.98. The molecular weight excluding hydrogens is 432 g/mol. The van der Waals surface area contributed by atoms with Gasteiger partial charge >= 0.3 is 6.03 Å². The smallest absolute Gasteiger partial charge is 0.325 e. The van der Waals surface area contributed by atoms with Crippen LogP contribution in [0.4, 0.5) is 4.79 Å². The molecule has 0 bridgehead atoms. The fourth-order valence-corrected chi connectivity index (χ4v) is 4.11. The Hall–Kier alpha value is -4.46. The average Bonchev–Trinajstić information content (AvgIpc) is 3.44. The van der Waals surface area contributed by atoms with Gasteiger partial charge in [0, 0.05) is 12.0 Å². The van der Waals surface area contributed by atoms with Gasteiger partial charge in [0.1, 0.15) is 12.3 Å². The van der Waals surface area contributed by atoms with E-state index in [-0.39, 0.29) is 18.3 Å². The van der Waals surface area contributed by atoms with Crippen LogP contribution in [0.1, 0.15) is 17.0 Å². The van der Waals surface area contributed by atoms with Gasteiger partial charge in [-0.25, -0.2) is 4.79 Å². The van der Waals surface area contributed by atoms with Crippen LogP contribution in [0.25, 0.3) is 11.5 Å². The molecule has 8 nitrogen and oxygen atoms in total. The zero-order valence-corrected chi connectivity index (χ0v) is 18.5. The van der Waals surface area contributed by atoms with Crippen LogP contribution in [0, 0.1) is 0 Å². The summed E-state index contributed by atoms with van der Waals surface area (Å²) in [6, 6.07) is 25.5. The number of methoxy groups -OCH3 is 1. The fraction of sp³-hybridized carbons (Fsp3) is 0.154. The fourth-order valence-electron chi connectivity index (χ4n) is 4.11. The van der Waals surface area contributed by atoms with Crippen molar-refractivity contribution in [3.8, 4) is 17.2 Å². The van der Waals surface area contributed by atoms with Crippen LogP contribution in [0.5, 0.6) is 5.75 Å². The van der Waals surface area contributed by atoms with Gasteiger partial charge in [-0.1, -0.05) is 60.7 Å². The maximum Gasteiger partial charge on any atom is 0.325 e. The maximum absolute atomic E-state index is 13.7. The van der Waals surface area contributed by atoms with E-state index >= 15 is 0 Å². The summed E-state index contributed by atoms with van der Waals surface area (Å²) in [7, 11) is 1.59. The Morgan fingerprint density at radius 2 is 1.59 bits per heavy atom. The van der Waals surface area contributed by atoms with Gasteiger partial charge in [-0.3, -0.25) is 9.69 Å². The molecule has 1 aromatic heterocycles. The maximum atomic E-state index is 13.7. The number of carbonyl (C=O) groups is 2. The number of imide groups is 1. The van der Waals surface area contributed by atoms with Gasteiger partial charge in [0.25, 0.3) is 5.91 Å². The zero-order chi connectivity index (χ0) is 23.5. The Morgan fingerprint density at radius 3 is 2.26 bits per heavy atom. The van der Waals surface area contributed by atoms with Crippen molar-refractivity contribution in [2.45, 2.75) is 18.5 Å². The number of ether oxygens (including phenoxy) is 1. The molecule has 1 fully saturated rings. The molecule has 3 amide bonds. The molecule has 1 aliphatic heterocycles. The Bertz CT molecular complexity index is 1310. The Kier molecular flexibility index (Phi) is 5.55. The molecule has 5 rings (SSSR count). The van der Waals surface area contributed by atoms with Crippen molar-refractivity contribution >= 4 is 11.9 Å². The molecule has 0 aliphatic carbocycles. The highest BCUT2D eigenvalue weighted by Gasteiger charge is 2.52. The standard InChI is InChI=1S/C26H22N4O4/c1-33-21-14-12-19(13-15-21)23-29-28-22(34-23)17-30-24(31)26(27-25(30)32,20-10-6-3-7-11-20)16-18-8-4-2-5-9-18/h2-15H,16-17H2,1H3,(H,27,32)/t26-/m0/s1.